The van der Waals surface area contributed by atoms with Crippen molar-refractivity contribution in [2.24, 2.45) is 0 Å². The molecule has 1 heterocycles. The molecule has 0 spiro atoms. The first-order valence-electron chi connectivity index (χ1n) is 6.02. The number of benzene rings is 2. The first-order valence-corrected chi connectivity index (χ1v) is 6.02. The van der Waals surface area contributed by atoms with E-state index in [-0.39, 0.29) is 17.1 Å². The summed E-state index contributed by atoms with van der Waals surface area (Å²) >= 11 is 0. The molecule has 0 fully saturated rings. The van der Waals surface area contributed by atoms with Crippen molar-refractivity contribution in [3.05, 3.63) is 53.1 Å². The normalized spacial score (nSPS) is 16.6. The van der Waals surface area contributed by atoms with Crippen molar-refractivity contribution in [3.63, 3.8) is 0 Å². The van der Waals surface area contributed by atoms with Gasteiger partial charge in [0.2, 0.25) is 0 Å². The third-order valence-electron chi connectivity index (χ3n) is 3.31. The molecule has 20 heavy (non-hydrogen) atoms. The number of fused-ring (bicyclic) bond motifs is 1. The minimum absolute atomic E-state index is 0.126. The second-order valence-electron chi connectivity index (χ2n) is 4.42. The highest BCUT2D eigenvalue weighted by Crippen LogP contribution is 2.45. The van der Waals surface area contributed by atoms with Crippen molar-refractivity contribution in [1.29, 1.82) is 0 Å². The predicted octanol–water partition coefficient (Wildman–Crippen LogP) is 2.37. The number of phenolic OH excluding ortho intramolecular Hbond substituents is 2. The number of hydrogen-bond donors (Lipinski definition) is 2. The van der Waals surface area contributed by atoms with Gasteiger partial charge in [-0.25, -0.2) is 4.79 Å². The smallest absolute Gasteiger partial charge is 0.343 e. The number of esters is 1. The fraction of sp³-hybridized carbons (Fsp3) is 0.133. The van der Waals surface area contributed by atoms with E-state index in [2.05, 4.69) is 0 Å². The van der Waals surface area contributed by atoms with Gasteiger partial charge in [-0.2, -0.15) is 0 Å². The number of cyclic esters (lactones) is 1. The lowest BCUT2D eigenvalue weighted by atomic mass is 9.97. The summed E-state index contributed by atoms with van der Waals surface area (Å²) in [7, 11) is 1.47. The van der Waals surface area contributed by atoms with Gasteiger partial charge in [-0.3, -0.25) is 0 Å². The van der Waals surface area contributed by atoms with E-state index < -0.39 is 12.1 Å². The van der Waals surface area contributed by atoms with Crippen LogP contribution in [-0.2, 0) is 4.74 Å². The SMILES string of the molecule is COc1cccc2c1C(=O)OC2c1c(O)cccc1O. The molecule has 5 nitrogen and oxygen atoms in total. The quantitative estimate of drug-likeness (QED) is 0.821. The average Bonchev–Trinajstić information content (AvgIpc) is 2.76. The molecule has 1 atom stereocenters. The fourth-order valence-corrected chi connectivity index (χ4v) is 2.41. The second kappa shape index (κ2) is 4.45. The van der Waals surface area contributed by atoms with Crippen molar-refractivity contribution >= 4 is 5.97 Å². The van der Waals surface area contributed by atoms with Crippen LogP contribution in [0.2, 0.25) is 0 Å². The van der Waals surface area contributed by atoms with Crippen molar-refractivity contribution in [2.45, 2.75) is 6.10 Å². The van der Waals surface area contributed by atoms with Gasteiger partial charge >= 0.3 is 5.97 Å². The number of hydrogen-bond acceptors (Lipinski definition) is 5. The van der Waals surface area contributed by atoms with E-state index in [1.54, 1.807) is 18.2 Å². The Morgan fingerprint density at radius 3 is 2.40 bits per heavy atom. The number of phenols is 2. The van der Waals surface area contributed by atoms with Gasteiger partial charge in [0.05, 0.1) is 12.7 Å². The molecule has 1 aliphatic rings. The van der Waals surface area contributed by atoms with E-state index in [1.807, 2.05) is 0 Å². The van der Waals surface area contributed by atoms with Gasteiger partial charge in [-0.05, 0) is 18.2 Å². The molecule has 0 aliphatic carbocycles. The first kappa shape index (κ1) is 12.3. The molecule has 0 bridgehead atoms. The maximum Gasteiger partial charge on any atom is 0.343 e. The summed E-state index contributed by atoms with van der Waals surface area (Å²) in [5, 5.41) is 19.8. The van der Waals surface area contributed by atoms with Crippen LogP contribution in [0, 0.1) is 0 Å². The number of carbonyl (C=O) groups is 1. The van der Waals surface area contributed by atoms with Gasteiger partial charge in [0.25, 0.3) is 0 Å². The largest absolute Gasteiger partial charge is 0.507 e. The number of aromatic hydroxyl groups is 2. The Morgan fingerprint density at radius 1 is 1.10 bits per heavy atom. The zero-order chi connectivity index (χ0) is 14.3. The molecule has 5 heteroatoms. The Morgan fingerprint density at radius 2 is 1.75 bits per heavy atom. The fourth-order valence-electron chi connectivity index (χ4n) is 2.41. The van der Waals surface area contributed by atoms with E-state index in [1.165, 1.54) is 25.3 Å². The summed E-state index contributed by atoms with van der Waals surface area (Å²) < 4.78 is 10.4. The Kier molecular flexibility index (Phi) is 2.75. The highest BCUT2D eigenvalue weighted by atomic mass is 16.6. The zero-order valence-corrected chi connectivity index (χ0v) is 10.7. The van der Waals surface area contributed by atoms with Crippen LogP contribution in [0.15, 0.2) is 36.4 Å². The van der Waals surface area contributed by atoms with E-state index in [0.717, 1.165) is 0 Å². The number of methoxy groups -OCH3 is 1. The van der Waals surface area contributed by atoms with Crippen LogP contribution in [0.25, 0.3) is 0 Å². The third kappa shape index (κ3) is 1.67. The minimum atomic E-state index is -0.839. The highest BCUT2D eigenvalue weighted by Gasteiger charge is 2.37. The lowest BCUT2D eigenvalue weighted by Gasteiger charge is -2.14. The standard InChI is InChI=1S/C15H12O5/c1-19-11-7-2-4-8-12(11)15(18)20-14(8)13-9(16)5-3-6-10(13)17/h2-7,14,16-17H,1H3. The van der Waals surface area contributed by atoms with Crippen molar-refractivity contribution < 1.29 is 24.5 Å². The molecule has 0 aromatic heterocycles. The van der Waals surface area contributed by atoms with Gasteiger partial charge in [-0.15, -0.1) is 0 Å². The van der Waals surface area contributed by atoms with Crippen LogP contribution in [-0.4, -0.2) is 23.3 Å². The molecule has 1 unspecified atom stereocenters. The molecule has 2 aromatic rings. The summed E-state index contributed by atoms with van der Waals surface area (Å²) in [5.74, 6) is -0.382. The monoisotopic (exact) mass is 272 g/mol. The molecule has 0 radical (unpaired) electrons. The van der Waals surface area contributed by atoms with Gasteiger partial charge in [0.1, 0.15) is 22.8 Å². The van der Waals surface area contributed by atoms with Gasteiger partial charge in [0.15, 0.2) is 6.10 Å². The van der Waals surface area contributed by atoms with Crippen molar-refractivity contribution in [3.8, 4) is 17.2 Å². The topological polar surface area (TPSA) is 76.0 Å². The van der Waals surface area contributed by atoms with Crippen LogP contribution in [0.1, 0.15) is 27.6 Å². The number of carbonyl (C=O) groups excluding carboxylic acids is 1. The van der Waals surface area contributed by atoms with E-state index in [4.69, 9.17) is 9.47 Å². The minimum Gasteiger partial charge on any atom is -0.507 e. The zero-order valence-electron chi connectivity index (χ0n) is 10.7. The molecule has 3 rings (SSSR count). The predicted molar refractivity (Wildman–Crippen MR) is 70.0 cm³/mol. The average molecular weight is 272 g/mol. The highest BCUT2D eigenvalue weighted by molar-refractivity contribution is 5.97. The summed E-state index contributed by atoms with van der Waals surface area (Å²) in [4.78, 5) is 12.0. The maximum absolute atomic E-state index is 12.0. The van der Waals surface area contributed by atoms with Gasteiger partial charge in [-0.1, -0.05) is 18.2 Å². The second-order valence-corrected chi connectivity index (χ2v) is 4.42. The molecule has 0 amide bonds. The van der Waals surface area contributed by atoms with E-state index in [9.17, 15) is 15.0 Å². The van der Waals surface area contributed by atoms with Crippen molar-refractivity contribution in [2.75, 3.05) is 7.11 Å². The summed E-state index contributed by atoms with van der Waals surface area (Å²) in [6.45, 7) is 0. The van der Waals surface area contributed by atoms with Gasteiger partial charge < -0.3 is 19.7 Å². The Hall–Kier alpha value is -2.69. The van der Waals surface area contributed by atoms with Crippen LogP contribution in [0.3, 0.4) is 0 Å². The third-order valence-corrected chi connectivity index (χ3v) is 3.31. The maximum atomic E-state index is 12.0. The first-order chi connectivity index (χ1) is 9.63. The number of rotatable bonds is 2. The van der Waals surface area contributed by atoms with Crippen LogP contribution in [0.4, 0.5) is 0 Å². The lowest BCUT2D eigenvalue weighted by molar-refractivity contribution is 0.0448. The molecule has 2 N–H and O–H groups in total. The molecular weight excluding hydrogens is 260 g/mol. The summed E-state index contributed by atoms with van der Waals surface area (Å²) in [6.07, 6.45) is -0.839. The summed E-state index contributed by atoms with van der Waals surface area (Å²) in [5.41, 5.74) is 1.06. The summed E-state index contributed by atoms with van der Waals surface area (Å²) in [6, 6.07) is 9.47. The molecular formula is C15H12O5. The Bertz CT molecular complexity index is 672. The molecule has 102 valence electrons. The van der Waals surface area contributed by atoms with Gasteiger partial charge in [0, 0.05) is 5.56 Å². The molecule has 2 aromatic carbocycles. The van der Waals surface area contributed by atoms with Crippen molar-refractivity contribution in [1.82, 2.24) is 0 Å². The number of ether oxygens (including phenoxy) is 2. The molecule has 0 saturated carbocycles. The van der Waals surface area contributed by atoms with E-state index >= 15 is 0 Å². The van der Waals surface area contributed by atoms with Crippen LogP contribution >= 0.6 is 0 Å². The van der Waals surface area contributed by atoms with E-state index in [0.29, 0.717) is 16.9 Å². The van der Waals surface area contributed by atoms with Crippen LogP contribution < -0.4 is 4.74 Å². The molecule has 0 saturated heterocycles. The lowest BCUT2D eigenvalue weighted by Crippen LogP contribution is -2.01. The Labute approximate surface area is 115 Å². The van der Waals surface area contributed by atoms with Crippen LogP contribution in [0.5, 0.6) is 17.2 Å². The molecule has 1 aliphatic heterocycles. The Balaban J connectivity index is 2.20.